The van der Waals surface area contributed by atoms with Gasteiger partial charge < -0.3 is 10.4 Å². The lowest BCUT2D eigenvalue weighted by Crippen LogP contribution is -2.35. The number of nitrogens with one attached hydrogen (secondary N) is 2. The number of carbonyl (C=O) groups is 2. The van der Waals surface area contributed by atoms with E-state index in [4.69, 9.17) is 5.11 Å². The summed E-state index contributed by atoms with van der Waals surface area (Å²) in [4.78, 5) is 23.0. The predicted octanol–water partition coefficient (Wildman–Crippen LogP) is 1.15. The molecular weight excluding hydrogens is 379 g/mol. The SMILES string of the molecule is CC(C)(C(=O)O)n1cc(NC(=O)CCNS(=O)(=O)c2ccc(F)cc2)cn1. The summed E-state index contributed by atoms with van der Waals surface area (Å²) in [5.41, 5.74) is -0.996. The second-order valence-corrected chi connectivity index (χ2v) is 7.95. The van der Waals surface area contributed by atoms with E-state index >= 15 is 0 Å². The van der Waals surface area contributed by atoms with Gasteiger partial charge in [0.25, 0.3) is 0 Å². The van der Waals surface area contributed by atoms with E-state index in [1.54, 1.807) is 0 Å². The second kappa shape index (κ2) is 7.84. The Bertz CT molecular complexity index is 938. The van der Waals surface area contributed by atoms with Gasteiger partial charge in [0.2, 0.25) is 15.9 Å². The van der Waals surface area contributed by atoms with Gasteiger partial charge in [0.15, 0.2) is 5.54 Å². The van der Waals surface area contributed by atoms with Crippen LogP contribution in [-0.2, 0) is 25.2 Å². The maximum absolute atomic E-state index is 12.9. The van der Waals surface area contributed by atoms with Crippen molar-refractivity contribution in [1.82, 2.24) is 14.5 Å². The molecule has 0 aliphatic heterocycles. The van der Waals surface area contributed by atoms with Crippen LogP contribution in [0.1, 0.15) is 20.3 Å². The van der Waals surface area contributed by atoms with Crippen LogP contribution in [0.5, 0.6) is 0 Å². The van der Waals surface area contributed by atoms with Crippen LogP contribution in [-0.4, -0.2) is 41.7 Å². The maximum Gasteiger partial charge on any atom is 0.331 e. The van der Waals surface area contributed by atoms with Gasteiger partial charge >= 0.3 is 5.97 Å². The van der Waals surface area contributed by atoms with Crippen LogP contribution in [0.4, 0.5) is 10.1 Å². The molecule has 1 aromatic heterocycles. The van der Waals surface area contributed by atoms with Gasteiger partial charge in [0.1, 0.15) is 5.82 Å². The summed E-state index contributed by atoms with van der Waals surface area (Å²) in [5.74, 6) is -2.12. The number of carboxylic acids is 1. The molecule has 3 N–H and O–H groups in total. The predicted molar refractivity (Wildman–Crippen MR) is 94.0 cm³/mol. The second-order valence-electron chi connectivity index (χ2n) is 6.19. The first-order valence-electron chi connectivity index (χ1n) is 7.86. The van der Waals surface area contributed by atoms with Crippen LogP contribution < -0.4 is 10.0 Å². The summed E-state index contributed by atoms with van der Waals surface area (Å²) in [6.07, 6.45) is 2.51. The Balaban J connectivity index is 1.89. The molecule has 0 fully saturated rings. The van der Waals surface area contributed by atoms with Crippen molar-refractivity contribution in [3.05, 3.63) is 42.5 Å². The number of benzene rings is 1. The van der Waals surface area contributed by atoms with Crippen LogP contribution in [0.3, 0.4) is 0 Å². The Hall–Kier alpha value is -2.79. The Morgan fingerprint density at radius 1 is 1.26 bits per heavy atom. The summed E-state index contributed by atoms with van der Waals surface area (Å²) in [7, 11) is -3.85. The van der Waals surface area contributed by atoms with Gasteiger partial charge in [-0.2, -0.15) is 5.10 Å². The van der Waals surface area contributed by atoms with E-state index in [0.717, 1.165) is 24.3 Å². The van der Waals surface area contributed by atoms with Gasteiger partial charge in [0, 0.05) is 19.2 Å². The number of anilines is 1. The summed E-state index contributed by atoms with van der Waals surface area (Å²) in [6.45, 7) is 2.75. The van der Waals surface area contributed by atoms with Gasteiger partial charge in [0.05, 0.1) is 16.8 Å². The monoisotopic (exact) mass is 398 g/mol. The molecule has 1 heterocycles. The maximum atomic E-state index is 12.9. The fourth-order valence-corrected chi connectivity index (χ4v) is 3.04. The van der Waals surface area contributed by atoms with Crippen molar-refractivity contribution in [3.8, 4) is 0 Å². The number of amides is 1. The zero-order chi connectivity index (χ0) is 20.2. The molecule has 27 heavy (non-hydrogen) atoms. The first-order chi connectivity index (χ1) is 12.5. The highest BCUT2D eigenvalue weighted by Gasteiger charge is 2.30. The molecule has 2 rings (SSSR count). The molecule has 2 aromatic rings. The zero-order valence-electron chi connectivity index (χ0n) is 14.6. The average Bonchev–Trinajstić information content (AvgIpc) is 3.04. The van der Waals surface area contributed by atoms with E-state index in [-0.39, 0.29) is 23.5 Å². The molecule has 0 saturated heterocycles. The molecule has 9 nitrogen and oxygen atoms in total. The van der Waals surface area contributed by atoms with E-state index in [1.807, 2.05) is 0 Å². The van der Waals surface area contributed by atoms with Crippen molar-refractivity contribution in [2.45, 2.75) is 30.7 Å². The van der Waals surface area contributed by atoms with Gasteiger partial charge in [-0.1, -0.05) is 0 Å². The van der Waals surface area contributed by atoms with Crippen molar-refractivity contribution in [2.75, 3.05) is 11.9 Å². The molecule has 0 saturated carbocycles. The smallest absolute Gasteiger partial charge is 0.331 e. The number of carbonyl (C=O) groups excluding carboxylic acids is 1. The Kier molecular flexibility index (Phi) is 5.96. The molecular formula is C16H19FN4O5S. The first kappa shape index (κ1) is 20.5. The van der Waals surface area contributed by atoms with Crippen molar-refractivity contribution < 1.29 is 27.5 Å². The fraction of sp³-hybridized carbons (Fsp3) is 0.312. The number of carboxylic acid groups (broad SMARTS) is 1. The van der Waals surface area contributed by atoms with Crippen LogP contribution >= 0.6 is 0 Å². The number of nitrogens with zero attached hydrogens (tertiary/aromatic N) is 2. The highest BCUT2D eigenvalue weighted by molar-refractivity contribution is 7.89. The third kappa shape index (κ3) is 5.11. The zero-order valence-corrected chi connectivity index (χ0v) is 15.5. The lowest BCUT2D eigenvalue weighted by atomic mass is 10.1. The van der Waals surface area contributed by atoms with Crippen molar-refractivity contribution in [1.29, 1.82) is 0 Å². The van der Waals surface area contributed by atoms with Crippen LogP contribution in [0.15, 0.2) is 41.6 Å². The number of halogens is 1. The van der Waals surface area contributed by atoms with Gasteiger partial charge in [-0.25, -0.2) is 22.3 Å². The van der Waals surface area contributed by atoms with Crippen molar-refractivity contribution in [2.24, 2.45) is 0 Å². The lowest BCUT2D eigenvalue weighted by Gasteiger charge is -2.19. The lowest BCUT2D eigenvalue weighted by molar-refractivity contribution is -0.146. The van der Waals surface area contributed by atoms with Crippen LogP contribution in [0.2, 0.25) is 0 Å². The van der Waals surface area contributed by atoms with Gasteiger partial charge in [-0.15, -0.1) is 0 Å². The number of hydrogen-bond acceptors (Lipinski definition) is 5. The van der Waals surface area contributed by atoms with Crippen molar-refractivity contribution >= 4 is 27.6 Å². The van der Waals surface area contributed by atoms with E-state index in [1.165, 1.54) is 30.9 Å². The van der Waals surface area contributed by atoms with E-state index in [2.05, 4.69) is 15.1 Å². The Morgan fingerprint density at radius 3 is 2.48 bits per heavy atom. The molecule has 0 atom stereocenters. The molecule has 0 aliphatic carbocycles. The molecule has 0 radical (unpaired) electrons. The topological polar surface area (TPSA) is 130 Å². The first-order valence-corrected chi connectivity index (χ1v) is 9.34. The number of aliphatic carboxylic acids is 1. The normalized spacial score (nSPS) is 12.0. The summed E-state index contributed by atoms with van der Waals surface area (Å²) in [6, 6.07) is 4.29. The fourth-order valence-electron chi connectivity index (χ4n) is 2.01. The number of rotatable bonds is 8. The quantitative estimate of drug-likeness (QED) is 0.611. The van der Waals surface area contributed by atoms with Gasteiger partial charge in [-0.3, -0.25) is 9.48 Å². The van der Waals surface area contributed by atoms with E-state index in [9.17, 15) is 22.4 Å². The molecule has 146 valence electrons. The molecule has 0 spiro atoms. The number of hydrogen-bond donors (Lipinski definition) is 3. The van der Waals surface area contributed by atoms with Crippen LogP contribution in [0.25, 0.3) is 0 Å². The Labute approximate surface area is 155 Å². The molecule has 11 heteroatoms. The minimum atomic E-state index is -3.85. The summed E-state index contributed by atoms with van der Waals surface area (Å²) in [5, 5.41) is 15.6. The van der Waals surface area contributed by atoms with Crippen molar-refractivity contribution in [3.63, 3.8) is 0 Å². The number of sulfonamides is 1. The Morgan fingerprint density at radius 2 is 1.89 bits per heavy atom. The largest absolute Gasteiger partial charge is 0.479 e. The molecule has 0 aliphatic rings. The molecule has 1 amide bonds. The molecule has 0 unspecified atom stereocenters. The summed E-state index contributed by atoms with van der Waals surface area (Å²) >= 11 is 0. The van der Waals surface area contributed by atoms with E-state index < -0.39 is 33.3 Å². The highest BCUT2D eigenvalue weighted by atomic mass is 32.2. The van der Waals surface area contributed by atoms with Gasteiger partial charge in [-0.05, 0) is 38.1 Å². The minimum absolute atomic E-state index is 0.110. The molecule has 1 aromatic carbocycles. The standard InChI is InChI=1S/C16H19FN4O5S/c1-16(2,15(23)24)21-10-12(9-18-21)20-14(22)7-8-19-27(25,26)13-5-3-11(17)4-6-13/h3-6,9-10,19H,7-8H2,1-2H3,(H,20,22)(H,23,24). The third-order valence-corrected chi connectivity index (χ3v) is 5.21. The highest BCUT2D eigenvalue weighted by Crippen LogP contribution is 2.17. The van der Waals surface area contributed by atoms with E-state index in [0.29, 0.717) is 0 Å². The van der Waals surface area contributed by atoms with Crippen LogP contribution in [0, 0.1) is 5.82 Å². The summed E-state index contributed by atoms with van der Waals surface area (Å²) < 4.78 is 40.3. The number of aromatic nitrogens is 2. The molecule has 0 bridgehead atoms. The third-order valence-electron chi connectivity index (χ3n) is 3.73. The average molecular weight is 398 g/mol. The minimum Gasteiger partial charge on any atom is -0.479 e.